The van der Waals surface area contributed by atoms with E-state index >= 15 is 0 Å². The molecule has 1 saturated heterocycles. The maximum absolute atomic E-state index is 13.5. The fourth-order valence-corrected chi connectivity index (χ4v) is 6.49. The van der Waals surface area contributed by atoms with Crippen molar-refractivity contribution in [3.63, 3.8) is 0 Å². The molecule has 3 unspecified atom stereocenters. The molecule has 7 heteroatoms. The zero-order valence-corrected chi connectivity index (χ0v) is 22.6. The van der Waals surface area contributed by atoms with Gasteiger partial charge in [-0.05, 0) is 67.7 Å². The molecule has 1 saturated carbocycles. The highest BCUT2D eigenvalue weighted by Gasteiger charge is 2.41. The molecule has 3 atom stereocenters. The van der Waals surface area contributed by atoms with Gasteiger partial charge in [0.25, 0.3) is 5.91 Å². The Morgan fingerprint density at radius 2 is 2.00 bits per heavy atom. The van der Waals surface area contributed by atoms with Crippen molar-refractivity contribution in [1.82, 2.24) is 10.2 Å². The summed E-state index contributed by atoms with van der Waals surface area (Å²) in [6.07, 6.45) is 8.26. The van der Waals surface area contributed by atoms with Crippen LogP contribution in [0.1, 0.15) is 69.5 Å². The van der Waals surface area contributed by atoms with Crippen molar-refractivity contribution in [3.8, 4) is 5.75 Å². The van der Waals surface area contributed by atoms with Gasteiger partial charge in [-0.25, -0.2) is 0 Å². The van der Waals surface area contributed by atoms with Crippen molar-refractivity contribution >= 4 is 41.3 Å². The van der Waals surface area contributed by atoms with E-state index in [4.69, 9.17) is 16.3 Å². The Hall–Kier alpha value is -2.44. The number of fused-ring (bicyclic) bond motifs is 1. The second-order valence-corrected chi connectivity index (χ2v) is 11.3. The van der Waals surface area contributed by atoms with E-state index < -0.39 is 0 Å². The van der Waals surface area contributed by atoms with Crippen LogP contribution in [0.2, 0.25) is 5.02 Å². The van der Waals surface area contributed by atoms with E-state index in [1.807, 2.05) is 61.5 Å². The molecule has 2 aromatic carbocycles. The summed E-state index contributed by atoms with van der Waals surface area (Å²) in [6, 6.07) is 15.3. The summed E-state index contributed by atoms with van der Waals surface area (Å²) in [4.78, 5) is 29.1. The van der Waals surface area contributed by atoms with Crippen molar-refractivity contribution in [2.45, 2.75) is 69.7 Å². The van der Waals surface area contributed by atoms with E-state index in [0.29, 0.717) is 21.8 Å². The molecule has 1 aliphatic heterocycles. The standard InChI is InChI=1S/C29H35ClN2O3S/c1-3-4-16-35-24-14-12-22(13-15-24)20(2)31-28(33)19-32-25-10-5-6-11-26(25)36-27(29(32)34)18-21-8-7-9-23(30)17-21/h7-9,12-15,17-18,20,25-26H,3-6,10-11,16,19H2,1-2H3,(H,31,33)/b27-18-. The van der Waals surface area contributed by atoms with E-state index in [1.54, 1.807) is 16.7 Å². The number of hydrogen-bond donors (Lipinski definition) is 1. The fraction of sp³-hybridized carbons (Fsp3) is 0.448. The lowest BCUT2D eigenvalue weighted by molar-refractivity contribution is -0.135. The number of nitrogens with zero attached hydrogens (tertiary/aromatic N) is 1. The first-order valence-electron chi connectivity index (χ1n) is 12.9. The maximum Gasteiger partial charge on any atom is 0.261 e. The molecule has 0 spiro atoms. The van der Waals surface area contributed by atoms with Gasteiger partial charge < -0.3 is 15.0 Å². The summed E-state index contributed by atoms with van der Waals surface area (Å²) >= 11 is 7.81. The number of thioether (sulfide) groups is 1. The van der Waals surface area contributed by atoms with Gasteiger partial charge in [-0.2, -0.15) is 0 Å². The van der Waals surface area contributed by atoms with E-state index in [-0.39, 0.29) is 30.4 Å². The third-order valence-corrected chi connectivity index (χ3v) is 8.44. The van der Waals surface area contributed by atoms with E-state index in [9.17, 15) is 9.59 Å². The molecule has 192 valence electrons. The third-order valence-electron chi connectivity index (χ3n) is 6.80. The zero-order valence-electron chi connectivity index (χ0n) is 21.0. The van der Waals surface area contributed by atoms with Crippen molar-refractivity contribution in [2.75, 3.05) is 13.2 Å². The number of hydrogen-bond acceptors (Lipinski definition) is 4. The summed E-state index contributed by atoms with van der Waals surface area (Å²) in [5.41, 5.74) is 1.90. The van der Waals surface area contributed by atoms with E-state index in [0.717, 1.165) is 55.4 Å². The number of unbranched alkanes of at least 4 members (excludes halogenated alkanes) is 1. The van der Waals surface area contributed by atoms with Crippen LogP contribution in [-0.2, 0) is 9.59 Å². The quantitative estimate of drug-likeness (QED) is 0.294. The van der Waals surface area contributed by atoms with Gasteiger partial charge in [-0.3, -0.25) is 9.59 Å². The zero-order chi connectivity index (χ0) is 25.5. The number of nitrogens with one attached hydrogen (secondary N) is 1. The minimum atomic E-state index is -0.167. The van der Waals surface area contributed by atoms with Crippen molar-refractivity contribution in [1.29, 1.82) is 0 Å². The SMILES string of the molecule is CCCCOc1ccc(C(C)NC(=O)CN2C(=O)/C(=C/c3cccc(Cl)c3)SC3CCCCC32)cc1. The average molecular weight is 527 g/mol. The van der Waals surface area contributed by atoms with Gasteiger partial charge in [0.2, 0.25) is 5.91 Å². The molecule has 1 aliphatic carbocycles. The molecule has 2 aromatic rings. The number of ether oxygens (including phenoxy) is 1. The number of carbonyl (C=O) groups excluding carboxylic acids is 2. The number of rotatable bonds is 9. The van der Waals surface area contributed by atoms with Gasteiger partial charge >= 0.3 is 0 Å². The molecule has 4 rings (SSSR count). The Morgan fingerprint density at radius 3 is 2.75 bits per heavy atom. The first-order chi connectivity index (χ1) is 17.4. The largest absolute Gasteiger partial charge is 0.494 e. The van der Waals surface area contributed by atoms with Crippen LogP contribution in [0.4, 0.5) is 0 Å². The van der Waals surface area contributed by atoms with E-state index in [1.165, 1.54) is 0 Å². The molecule has 2 fully saturated rings. The molecule has 0 aromatic heterocycles. The first-order valence-corrected chi connectivity index (χ1v) is 14.2. The van der Waals surface area contributed by atoms with Gasteiger partial charge in [-0.15, -0.1) is 11.8 Å². The number of benzene rings is 2. The summed E-state index contributed by atoms with van der Waals surface area (Å²) < 4.78 is 5.74. The van der Waals surface area contributed by atoms with Gasteiger partial charge in [0.05, 0.1) is 17.6 Å². The second-order valence-electron chi connectivity index (χ2n) is 9.57. The molecule has 0 bridgehead atoms. The molecular formula is C29H35ClN2O3S. The van der Waals surface area contributed by atoms with Crippen LogP contribution >= 0.6 is 23.4 Å². The minimum absolute atomic E-state index is 0.0655. The molecule has 1 heterocycles. The van der Waals surface area contributed by atoms with Crippen LogP contribution in [0.3, 0.4) is 0 Å². The lowest BCUT2D eigenvalue weighted by Gasteiger charge is -2.44. The highest BCUT2D eigenvalue weighted by molar-refractivity contribution is 8.04. The number of carbonyl (C=O) groups is 2. The van der Waals surface area contributed by atoms with Crippen LogP contribution in [0.15, 0.2) is 53.4 Å². The van der Waals surface area contributed by atoms with Gasteiger partial charge in [0, 0.05) is 16.3 Å². The van der Waals surface area contributed by atoms with E-state index in [2.05, 4.69) is 12.2 Å². The highest BCUT2D eigenvalue weighted by Crippen LogP contribution is 2.42. The Kier molecular flexibility index (Phi) is 9.38. The minimum Gasteiger partial charge on any atom is -0.494 e. The Morgan fingerprint density at radius 1 is 1.22 bits per heavy atom. The van der Waals surface area contributed by atoms with Crippen LogP contribution in [0.25, 0.3) is 6.08 Å². The lowest BCUT2D eigenvalue weighted by Crippen LogP contribution is -2.54. The number of halogens is 1. The predicted molar refractivity (Wildman–Crippen MR) is 148 cm³/mol. The Bertz CT molecular complexity index is 1090. The first kappa shape index (κ1) is 26.6. The predicted octanol–water partition coefficient (Wildman–Crippen LogP) is 6.62. The average Bonchev–Trinajstić information content (AvgIpc) is 2.87. The van der Waals surface area contributed by atoms with Crippen LogP contribution in [-0.4, -0.2) is 41.2 Å². The van der Waals surface area contributed by atoms with Crippen molar-refractivity contribution in [3.05, 3.63) is 69.6 Å². The maximum atomic E-state index is 13.5. The molecule has 2 amide bonds. The van der Waals surface area contributed by atoms with Crippen LogP contribution in [0, 0.1) is 0 Å². The monoisotopic (exact) mass is 526 g/mol. The summed E-state index contributed by atoms with van der Waals surface area (Å²) in [5, 5.41) is 4.04. The topological polar surface area (TPSA) is 58.6 Å². The molecule has 0 radical (unpaired) electrons. The summed E-state index contributed by atoms with van der Waals surface area (Å²) in [6.45, 7) is 4.88. The summed E-state index contributed by atoms with van der Waals surface area (Å²) in [5.74, 6) is 0.626. The third kappa shape index (κ3) is 6.86. The molecular weight excluding hydrogens is 492 g/mol. The molecule has 5 nitrogen and oxygen atoms in total. The van der Waals surface area contributed by atoms with Gasteiger partial charge in [-0.1, -0.05) is 62.1 Å². The fourth-order valence-electron chi connectivity index (χ4n) is 4.82. The van der Waals surface area contributed by atoms with Crippen molar-refractivity contribution < 1.29 is 14.3 Å². The highest BCUT2D eigenvalue weighted by atomic mass is 35.5. The second kappa shape index (κ2) is 12.7. The molecule has 1 N–H and O–H groups in total. The Balaban J connectivity index is 1.43. The summed E-state index contributed by atoms with van der Waals surface area (Å²) in [7, 11) is 0. The Labute approximate surface area is 223 Å². The molecule has 36 heavy (non-hydrogen) atoms. The number of amides is 2. The van der Waals surface area contributed by atoms with Gasteiger partial charge in [0.15, 0.2) is 0 Å². The lowest BCUT2D eigenvalue weighted by atomic mass is 9.93. The normalized spacial score (nSPS) is 21.7. The van der Waals surface area contributed by atoms with Crippen LogP contribution in [0.5, 0.6) is 5.75 Å². The smallest absolute Gasteiger partial charge is 0.261 e. The van der Waals surface area contributed by atoms with Crippen molar-refractivity contribution in [2.24, 2.45) is 0 Å². The molecule has 2 aliphatic rings. The van der Waals surface area contributed by atoms with Gasteiger partial charge in [0.1, 0.15) is 12.3 Å². The van der Waals surface area contributed by atoms with Crippen LogP contribution < -0.4 is 10.1 Å².